The van der Waals surface area contributed by atoms with Crippen LogP contribution in [0.5, 0.6) is 0 Å². The van der Waals surface area contributed by atoms with Gasteiger partial charge in [0.2, 0.25) is 0 Å². The summed E-state index contributed by atoms with van der Waals surface area (Å²) in [5.41, 5.74) is 3.41. The van der Waals surface area contributed by atoms with Crippen LogP contribution in [0.15, 0.2) is 30.3 Å². The molecule has 3 nitrogen and oxygen atoms in total. The fourth-order valence-corrected chi connectivity index (χ4v) is 3.82. The van der Waals surface area contributed by atoms with Gasteiger partial charge < -0.3 is 4.90 Å². The molecule has 0 aliphatic carbocycles. The molecule has 0 unspecified atom stereocenters. The number of aromatic nitrogens is 2. The molecule has 0 spiro atoms. The molecule has 0 radical (unpaired) electrons. The number of aryl methyl sites for hydroxylation is 1. The largest absolute Gasteiger partial charge is 0.363 e. The second-order valence-corrected chi connectivity index (χ2v) is 6.94. The van der Waals surface area contributed by atoms with Crippen molar-refractivity contribution in [2.75, 3.05) is 19.0 Å². The Bertz CT molecular complexity index is 780. The van der Waals surface area contributed by atoms with Crippen molar-refractivity contribution in [1.82, 2.24) is 9.97 Å². The molecule has 0 saturated heterocycles. The van der Waals surface area contributed by atoms with E-state index in [4.69, 9.17) is 4.98 Å². The number of rotatable bonds is 2. The third kappa shape index (κ3) is 2.52. The summed E-state index contributed by atoms with van der Waals surface area (Å²) < 4.78 is 2.21. The summed E-state index contributed by atoms with van der Waals surface area (Å²) in [6.07, 6.45) is 0. The Balaban J connectivity index is 2.10. The quantitative estimate of drug-likeness (QED) is 0.478. The van der Waals surface area contributed by atoms with E-state index in [-0.39, 0.29) is 0 Å². The molecule has 20 heavy (non-hydrogen) atoms. The van der Waals surface area contributed by atoms with Gasteiger partial charge in [-0.1, -0.05) is 6.07 Å². The van der Waals surface area contributed by atoms with Crippen LogP contribution < -0.4 is 4.90 Å². The highest BCUT2D eigenvalue weighted by Gasteiger charge is 2.11. The number of halogens is 1. The number of nitrogens with zero attached hydrogens (tertiary/aromatic N) is 3. The molecule has 3 aromatic rings. The van der Waals surface area contributed by atoms with Crippen LogP contribution in [-0.4, -0.2) is 24.1 Å². The van der Waals surface area contributed by atoms with Crippen LogP contribution >= 0.6 is 33.9 Å². The molecular formula is C15H14IN3S. The van der Waals surface area contributed by atoms with Crippen LogP contribution in [0.1, 0.15) is 5.56 Å². The molecule has 0 saturated carbocycles. The number of fused-ring (bicyclic) bond motifs is 1. The highest BCUT2D eigenvalue weighted by atomic mass is 127. The van der Waals surface area contributed by atoms with Crippen molar-refractivity contribution in [1.29, 1.82) is 0 Å². The number of thiazole rings is 1. The number of benzene rings is 1. The molecule has 1 aromatic carbocycles. The Morgan fingerprint density at radius 3 is 2.60 bits per heavy atom. The maximum Gasteiger partial charge on any atom is 0.129 e. The van der Waals surface area contributed by atoms with Gasteiger partial charge in [-0.2, -0.15) is 0 Å². The Labute approximate surface area is 135 Å². The van der Waals surface area contributed by atoms with Gasteiger partial charge in [0.05, 0.1) is 10.2 Å². The maximum absolute atomic E-state index is 4.74. The van der Waals surface area contributed by atoms with Gasteiger partial charge in [-0.25, -0.2) is 9.97 Å². The summed E-state index contributed by atoms with van der Waals surface area (Å²) in [5, 5.41) is 1.04. The molecule has 5 heteroatoms. The van der Waals surface area contributed by atoms with E-state index >= 15 is 0 Å². The number of anilines is 1. The lowest BCUT2D eigenvalue weighted by Gasteiger charge is -2.12. The van der Waals surface area contributed by atoms with Crippen LogP contribution in [0.3, 0.4) is 0 Å². The SMILES string of the molecule is Cc1ccc2sc(-c3ccc(N(C)C)nc3I)nc2c1. The average molecular weight is 395 g/mol. The predicted octanol–water partition coefficient (Wildman–Crippen LogP) is 4.34. The van der Waals surface area contributed by atoms with E-state index in [0.29, 0.717) is 0 Å². The van der Waals surface area contributed by atoms with E-state index in [2.05, 4.69) is 58.8 Å². The van der Waals surface area contributed by atoms with Crippen molar-refractivity contribution in [3.8, 4) is 10.6 Å². The highest BCUT2D eigenvalue weighted by Crippen LogP contribution is 2.33. The van der Waals surface area contributed by atoms with Crippen molar-refractivity contribution >= 4 is 50.0 Å². The van der Waals surface area contributed by atoms with Crippen LogP contribution in [0.2, 0.25) is 0 Å². The molecule has 0 atom stereocenters. The fraction of sp³-hybridized carbons (Fsp3) is 0.200. The van der Waals surface area contributed by atoms with Crippen LogP contribution in [0, 0.1) is 10.6 Å². The van der Waals surface area contributed by atoms with E-state index in [1.807, 2.05) is 25.1 Å². The van der Waals surface area contributed by atoms with Crippen LogP contribution in [-0.2, 0) is 0 Å². The average Bonchev–Trinajstić information content (AvgIpc) is 2.80. The third-order valence-corrected chi connectivity index (χ3v) is 4.96. The van der Waals surface area contributed by atoms with E-state index in [1.165, 1.54) is 10.3 Å². The van der Waals surface area contributed by atoms with Gasteiger partial charge in [0.1, 0.15) is 14.5 Å². The molecule has 0 aliphatic rings. The smallest absolute Gasteiger partial charge is 0.129 e. The number of pyridine rings is 1. The van der Waals surface area contributed by atoms with E-state index < -0.39 is 0 Å². The minimum absolute atomic E-state index is 0.968. The summed E-state index contributed by atoms with van der Waals surface area (Å²) in [5.74, 6) is 0.968. The van der Waals surface area contributed by atoms with Gasteiger partial charge in [-0.05, 0) is 59.3 Å². The topological polar surface area (TPSA) is 29.0 Å². The zero-order valence-electron chi connectivity index (χ0n) is 11.5. The number of hydrogen-bond acceptors (Lipinski definition) is 4. The molecule has 0 amide bonds. The van der Waals surface area contributed by atoms with Gasteiger partial charge in [0.15, 0.2) is 0 Å². The van der Waals surface area contributed by atoms with Crippen LogP contribution in [0.25, 0.3) is 20.8 Å². The monoisotopic (exact) mass is 395 g/mol. The third-order valence-electron chi connectivity index (χ3n) is 3.07. The van der Waals surface area contributed by atoms with Crippen molar-refractivity contribution < 1.29 is 0 Å². The summed E-state index contributed by atoms with van der Waals surface area (Å²) in [7, 11) is 4.00. The van der Waals surface area contributed by atoms with Gasteiger partial charge in [0.25, 0.3) is 0 Å². The van der Waals surface area contributed by atoms with Crippen LogP contribution in [0.4, 0.5) is 5.82 Å². The molecular weight excluding hydrogens is 381 g/mol. The fourth-order valence-electron chi connectivity index (χ4n) is 1.99. The zero-order valence-corrected chi connectivity index (χ0v) is 14.5. The Morgan fingerprint density at radius 2 is 1.90 bits per heavy atom. The first-order chi connectivity index (χ1) is 9.54. The molecule has 3 rings (SSSR count). The minimum Gasteiger partial charge on any atom is -0.363 e. The lowest BCUT2D eigenvalue weighted by Crippen LogP contribution is -2.11. The van der Waals surface area contributed by atoms with Gasteiger partial charge in [-0.15, -0.1) is 11.3 Å². The zero-order chi connectivity index (χ0) is 14.3. The van der Waals surface area contributed by atoms with E-state index in [1.54, 1.807) is 11.3 Å². The lowest BCUT2D eigenvalue weighted by molar-refractivity contribution is 1.06. The maximum atomic E-state index is 4.74. The predicted molar refractivity (Wildman–Crippen MR) is 94.6 cm³/mol. The van der Waals surface area contributed by atoms with Gasteiger partial charge in [0, 0.05) is 19.7 Å². The van der Waals surface area contributed by atoms with Crippen molar-refractivity contribution in [3.63, 3.8) is 0 Å². The summed E-state index contributed by atoms with van der Waals surface area (Å²) >= 11 is 4.00. The summed E-state index contributed by atoms with van der Waals surface area (Å²) in [4.78, 5) is 11.4. The normalized spacial score (nSPS) is 11.0. The van der Waals surface area contributed by atoms with E-state index in [9.17, 15) is 0 Å². The van der Waals surface area contributed by atoms with Crippen molar-refractivity contribution in [2.24, 2.45) is 0 Å². The molecule has 0 fully saturated rings. The number of hydrogen-bond donors (Lipinski definition) is 0. The second-order valence-electron chi connectivity index (χ2n) is 4.89. The van der Waals surface area contributed by atoms with E-state index in [0.717, 1.165) is 25.6 Å². The van der Waals surface area contributed by atoms with Gasteiger partial charge in [-0.3, -0.25) is 0 Å². The minimum atomic E-state index is 0.968. The molecule has 2 aromatic heterocycles. The molecule has 0 bridgehead atoms. The summed E-state index contributed by atoms with van der Waals surface area (Å²) in [6.45, 7) is 2.09. The first-order valence-corrected chi connectivity index (χ1v) is 8.15. The lowest BCUT2D eigenvalue weighted by atomic mass is 10.2. The molecule has 0 N–H and O–H groups in total. The standard InChI is InChI=1S/C15H14IN3S/c1-9-4-6-12-11(8-9)17-15(20-12)10-5-7-13(19(2)3)18-14(10)16/h4-8H,1-3H3. The summed E-state index contributed by atoms with van der Waals surface area (Å²) in [6, 6.07) is 10.5. The molecule has 102 valence electrons. The first kappa shape index (κ1) is 13.8. The van der Waals surface area contributed by atoms with Crippen molar-refractivity contribution in [3.05, 3.63) is 39.6 Å². The van der Waals surface area contributed by atoms with Gasteiger partial charge >= 0.3 is 0 Å². The Hall–Kier alpha value is -1.21. The second kappa shape index (κ2) is 5.29. The highest BCUT2D eigenvalue weighted by molar-refractivity contribution is 14.1. The molecule has 0 aliphatic heterocycles. The van der Waals surface area contributed by atoms with Crippen molar-refractivity contribution in [2.45, 2.75) is 6.92 Å². The molecule has 2 heterocycles. The first-order valence-electron chi connectivity index (χ1n) is 6.26. The Morgan fingerprint density at radius 1 is 1.10 bits per heavy atom. The Kier molecular flexibility index (Phi) is 3.64.